The van der Waals surface area contributed by atoms with E-state index in [0.29, 0.717) is 6.04 Å². The molecule has 1 aliphatic rings. The Labute approximate surface area is 117 Å². The van der Waals surface area contributed by atoms with Crippen LogP contribution in [0, 0.1) is 11.8 Å². The monoisotopic (exact) mass is 315 g/mol. The van der Waals surface area contributed by atoms with E-state index < -0.39 is 0 Å². The molecule has 0 amide bonds. The van der Waals surface area contributed by atoms with Gasteiger partial charge in [-0.1, -0.05) is 38.3 Å². The summed E-state index contributed by atoms with van der Waals surface area (Å²) in [5.74, 6) is 1.55. The zero-order valence-electron chi connectivity index (χ0n) is 10.3. The van der Waals surface area contributed by atoms with Crippen LogP contribution in [0.5, 0.6) is 0 Å². The molecule has 0 aromatic heterocycles. The van der Waals surface area contributed by atoms with Crippen LogP contribution in [0.1, 0.15) is 33.1 Å². The van der Waals surface area contributed by atoms with Crippen molar-refractivity contribution in [1.29, 1.82) is 0 Å². The second kappa shape index (κ2) is 5.62. The number of benzene rings is 1. The average molecular weight is 317 g/mol. The zero-order chi connectivity index (χ0) is 12.4. The predicted molar refractivity (Wildman–Crippen MR) is 78.7 cm³/mol. The summed E-state index contributed by atoms with van der Waals surface area (Å²) < 4.78 is 0.959. The third-order valence-corrected chi connectivity index (χ3v) is 5.19. The van der Waals surface area contributed by atoms with E-state index >= 15 is 0 Å². The lowest BCUT2D eigenvalue weighted by Gasteiger charge is -2.35. The molecule has 1 saturated carbocycles. The first-order valence-electron chi connectivity index (χ1n) is 6.29. The summed E-state index contributed by atoms with van der Waals surface area (Å²) in [6, 6.07) is 6.64. The lowest BCUT2D eigenvalue weighted by molar-refractivity contribution is 0.253. The van der Waals surface area contributed by atoms with Gasteiger partial charge in [-0.05, 0) is 52.4 Å². The molecule has 0 spiro atoms. The third-order valence-electron chi connectivity index (χ3n) is 3.98. The summed E-state index contributed by atoms with van der Waals surface area (Å²) in [4.78, 5) is 0. The number of anilines is 1. The van der Waals surface area contributed by atoms with Crippen LogP contribution in [0.25, 0.3) is 0 Å². The Hall–Kier alpha value is -0.210. The van der Waals surface area contributed by atoms with Gasteiger partial charge in [0.1, 0.15) is 0 Å². The first-order valence-corrected chi connectivity index (χ1v) is 7.46. The van der Waals surface area contributed by atoms with Gasteiger partial charge in [-0.2, -0.15) is 0 Å². The van der Waals surface area contributed by atoms with Crippen LogP contribution < -0.4 is 5.32 Å². The van der Waals surface area contributed by atoms with Crippen molar-refractivity contribution in [3.05, 3.63) is 27.7 Å². The van der Waals surface area contributed by atoms with Gasteiger partial charge >= 0.3 is 0 Å². The third kappa shape index (κ3) is 3.17. The molecule has 3 heteroatoms. The van der Waals surface area contributed by atoms with Crippen LogP contribution in [0.4, 0.5) is 5.69 Å². The molecule has 0 bridgehead atoms. The molecule has 3 atom stereocenters. The second-order valence-corrected chi connectivity index (χ2v) is 6.41. The highest BCUT2D eigenvalue weighted by atomic mass is 79.9. The van der Waals surface area contributed by atoms with E-state index in [1.165, 1.54) is 19.3 Å². The molecule has 17 heavy (non-hydrogen) atoms. The van der Waals surface area contributed by atoms with Crippen molar-refractivity contribution in [2.24, 2.45) is 11.8 Å². The summed E-state index contributed by atoms with van der Waals surface area (Å²) in [5, 5.41) is 4.40. The van der Waals surface area contributed by atoms with Crippen LogP contribution in [0.2, 0.25) is 5.02 Å². The number of rotatable bonds is 2. The second-order valence-electron chi connectivity index (χ2n) is 5.15. The molecule has 1 N–H and O–H groups in total. The topological polar surface area (TPSA) is 12.0 Å². The molecule has 3 unspecified atom stereocenters. The van der Waals surface area contributed by atoms with Crippen molar-refractivity contribution >= 4 is 33.2 Å². The molecular formula is C14H19BrClN. The van der Waals surface area contributed by atoms with E-state index in [1.807, 2.05) is 6.07 Å². The summed E-state index contributed by atoms with van der Waals surface area (Å²) in [6.07, 6.45) is 3.97. The molecule has 1 fully saturated rings. The minimum absolute atomic E-state index is 0.590. The van der Waals surface area contributed by atoms with Gasteiger partial charge in [0.2, 0.25) is 0 Å². The quantitative estimate of drug-likeness (QED) is 0.776. The summed E-state index contributed by atoms with van der Waals surface area (Å²) in [5.41, 5.74) is 1.16. The summed E-state index contributed by atoms with van der Waals surface area (Å²) >= 11 is 9.47. The predicted octanol–water partition coefficient (Wildman–Crippen LogP) is 5.34. The largest absolute Gasteiger partial charge is 0.382 e. The Morgan fingerprint density at radius 2 is 2.06 bits per heavy atom. The SMILES string of the molecule is CC1CCCC(Nc2ccc(Cl)c(Br)c2)C1C. The number of hydrogen-bond donors (Lipinski definition) is 1. The minimum Gasteiger partial charge on any atom is -0.382 e. The lowest BCUT2D eigenvalue weighted by atomic mass is 9.78. The number of halogens is 2. The molecular weight excluding hydrogens is 298 g/mol. The smallest absolute Gasteiger partial charge is 0.0549 e. The Balaban J connectivity index is 2.07. The highest BCUT2D eigenvalue weighted by Crippen LogP contribution is 2.33. The van der Waals surface area contributed by atoms with Gasteiger partial charge in [0, 0.05) is 16.2 Å². The molecule has 1 aliphatic carbocycles. The average Bonchev–Trinajstić information content (AvgIpc) is 2.30. The molecule has 0 radical (unpaired) electrons. The van der Waals surface area contributed by atoms with Crippen molar-refractivity contribution < 1.29 is 0 Å². The maximum Gasteiger partial charge on any atom is 0.0549 e. The fraction of sp³-hybridized carbons (Fsp3) is 0.571. The normalized spacial score (nSPS) is 29.1. The van der Waals surface area contributed by atoms with Crippen LogP contribution >= 0.6 is 27.5 Å². The van der Waals surface area contributed by atoms with Crippen LogP contribution in [0.15, 0.2) is 22.7 Å². The lowest BCUT2D eigenvalue weighted by Crippen LogP contribution is -2.34. The van der Waals surface area contributed by atoms with E-state index in [0.717, 1.165) is 27.0 Å². The van der Waals surface area contributed by atoms with Crippen LogP contribution in [-0.2, 0) is 0 Å². The Morgan fingerprint density at radius 1 is 1.29 bits per heavy atom. The van der Waals surface area contributed by atoms with Gasteiger partial charge in [0.25, 0.3) is 0 Å². The summed E-state index contributed by atoms with van der Waals surface area (Å²) in [7, 11) is 0. The molecule has 1 aromatic rings. The Bertz CT molecular complexity index is 394. The van der Waals surface area contributed by atoms with Crippen molar-refractivity contribution in [3.8, 4) is 0 Å². The van der Waals surface area contributed by atoms with Gasteiger partial charge in [0.05, 0.1) is 5.02 Å². The number of hydrogen-bond acceptors (Lipinski definition) is 1. The fourth-order valence-corrected chi connectivity index (χ4v) is 3.08. The highest BCUT2D eigenvalue weighted by Gasteiger charge is 2.26. The van der Waals surface area contributed by atoms with Gasteiger partial charge < -0.3 is 5.32 Å². The molecule has 94 valence electrons. The van der Waals surface area contributed by atoms with E-state index in [2.05, 4.69) is 47.2 Å². The molecule has 0 saturated heterocycles. The van der Waals surface area contributed by atoms with Crippen molar-refractivity contribution in [2.45, 2.75) is 39.2 Å². The first-order chi connectivity index (χ1) is 8.08. The maximum absolute atomic E-state index is 6.00. The Kier molecular flexibility index (Phi) is 4.37. The van der Waals surface area contributed by atoms with E-state index in [9.17, 15) is 0 Å². The maximum atomic E-state index is 6.00. The highest BCUT2D eigenvalue weighted by molar-refractivity contribution is 9.10. The van der Waals surface area contributed by atoms with Gasteiger partial charge in [0.15, 0.2) is 0 Å². The van der Waals surface area contributed by atoms with E-state index in [4.69, 9.17) is 11.6 Å². The van der Waals surface area contributed by atoms with Crippen molar-refractivity contribution in [1.82, 2.24) is 0 Å². The number of nitrogens with one attached hydrogen (secondary N) is 1. The van der Waals surface area contributed by atoms with Gasteiger partial charge in [-0.3, -0.25) is 0 Å². The standard InChI is InChI=1S/C14H19BrClN/c1-9-4-3-5-14(10(9)2)17-11-6-7-13(16)12(15)8-11/h6-10,14,17H,3-5H2,1-2H3. The van der Waals surface area contributed by atoms with Crippen LogP contribution in [0.3, 0.4) is 0 Å². The molecule has 1 aromatic carbocycles. The first kappa shape index (κ1) is 13.2. The Morgan fingerprint density at radius 3 is 2.76 bits per heavy atom. The van der Waals surface area contributed by atoms with Gasteiger partial charge in [-0.15, -0.1) is 0 Å². The fourth-order valence-electron chi connectivity index (χ4n) is 2.59. The van der Waals surface area contributed by atoms with E-state index in [1.54, 1.807) is 0 Å². The van der Waals surface area contributed by atoms with E-state index in [-0.39, 0.29) is 0 Å². The molecule has 0 aliphatic heterocycles. The minimum atomic E-state index is 0.590. The van der Waals surface area contributed by atoms with Crippen LogP contribution in [-0.4, -0.2) is 6.04 Å². The zero-order valence-corrected chi connectivity index (χ0v) is 12.7. The summed E-state index contributed by atoms with van der Waals surface area (Å²) in [6.45, 7) is 4.71. The molecule has 0 heterocycles. The van der Waals surface area contributed by atoms with Crippen molar-refractivity contribution in [3.63, 3.8) is 0 Å². The van der Waals surface area contributed by atoms with Crippen molar-refractivity contribution in [2.75, 3.05) is 5.32 Å². The molecule has 2 rings (SSSR count). The van der Waals surface area contributed by atoms with Gasteiger partial charge in [-0.25, -0.2) is 0 Å². The molecule has 1 nitrogen and oxygen atoms in total.